The molecule has 2 aliphatic heterocycles. The number of aromatic nitrogens is 1. The van der Waals surface area contributed by atoms with Crippen molar-refractivity contribution >= 4 is 17.2 Å². The summed E-state index contributed by atoms with van der Waals surface area (Å²) in [4.78, 5) is 18.5. The number of aromatic amines is 1. The standard InChI is InChI=1S/C21H33N3.C11H9F2NO/c1-3-7-20(16-22-2)24-15-12-21(17-24)23-13-10-19(11-14-23)18-8-5-4-6-9-18;1-11(12,13)9-4-2-3-7-5-8(6-15)14-10(7)9/h4-9,19,21-22H,3,10-17H2,1-2H3;2-6,14H,1H3. The molecule has 1 unspecified atom stereocenters. The number of H-pyrrole nitrogens is 1. The molecule has 2 aliphatic rings. The molecule has 1 atom stereocenters. The van der Waals surface area contributed by atoms with E-state index in [-0.39, 0.29) is 5.56 Å². The van der Waals surface area contributed by atoms with Crippen LogP contribution in [-0.2, 0) is 5.92 Å². The quantitative estimate of drug-likeness (QED) is 0.321. The number of benzene rings is 2. The number of rotatable bonds is 8. The molecular formula is C32H42F2N4O. The van der Waals surface area contributed by atoms with Gasteiger partial charge >= 0.3 is 0 Å². The van der Waals surface area contributed by atoms with Crippen LogP contribution in [0.1, 0.15) is 67.1 Å². The van der Waals surface area contributed by atoms with Crippen molar-refractivity contribution in [3.8, 4) is 0 Å². The van der Waals surface area contributed by atoms with Crippen LogP contribution in [0.5, 0.6) is 0 Å². The Morgan fingerprint density at radius 3 is 2.46 bits per heavy atom. The number of halogens is 2. The smallest absolute Gasteiger partial charge is 0.272 e. The number of nitrogens with one attached hydrogen (secondary N) is 2. The van der Waals surface area contributed by atoms with Crippen molar-refractivity contribution in [1.29, 1.82) is 0 Å². The summed E-state index contributed by atoms with van der Waals surface area (Å²) in [6.45, 7) is 9.02. The third-order valence-corrected chi connectivity index (χ3v) is 7.96. The Morgan fingerprint density at radius 1 is 1.08 bits per heavy atom. The van der Waals surface area contributed by atoms with Crippen LogP contribution in [0, 0.1) is 0 Å². The minimum atomic E-state index is -2.91. The van der Waals surface area contributed by atoms with Gasteiger partial charge in [-0.05, 0) is 63.4 Å². The lowest BCUT2D eigenvalue weighted by molar-refractivity contribution is 0.0189. The number of para-hydroxylation sites is 1. The van der Waals surface area contributed by atoms with E-state index in [4.69, 9.17) is 0 Å². The van der Waals surface area contributed by atoms with Gasteiger partial charge in [0, 0.05) is 49.2 Å². The van der Waals surface area contributed by atoms with Gasteiger partial charge in [0.1, 0.15) is 0 Å². The van der Waals surface area contributed by atoms with Gasteiger partial charge in [0.25, 0.3) is 5.92 Å². The van der Waals surface area contributed by atoms with Crippen LogP contribution in [0.3, 0.4) is 0 Å². The van der Waals surface area contributed by atoms with Gasteiger partial charge in [-0.25, -0.2) is 8.78 Å². The van der Waals surface area contributed by atoms with E-state index in [0.717, 1.165) is 31.8 Å². The van der Waals surface area contributed by atoms with E-state index in [1.54, 1.807) is 18.2 Å². The molecule has 2 fully saturated rings. The number of fused-ring (bicyclic) bond motifs is 1. The van der Waals surface area contributed by atoms with Crippen LogP contribution in [-0.4, -0.2) is 66.9 Å². The number of piperidine rings is 1. The number of hydrogen-bond acceptors (Lipinski definition) is 4. The Labute approximate surface area is 231 Å². The Hall–Kier alpha value is -3.03. The topological polar surface area (TPSA) is 51.4 Å². The van der Waals surface area contributed by atoms with E-state index < -0.39 is 5.92 Å². The van der Waals surface area contributed by atoms with Crippen LogP contribution in [0.25, 0.3) is 10.9 Å². The summed E-state index contributed by atoms with van der Waals surface area (Å²) in [5, 5.41) is 3.95. The number of nitrogens with zero attached hydrogens (tertiary/aromatic N) is 2. The van der Waals surface area contributed by atoms with E-state index in [1.165, 1.54) is 62.8 Å². The third kappa shape index (κ3) is 7.34. The second kappa shape index (κ2) is 13.4. The fourth-order valence-electron chi connectivity index (χ4n) is 5.96. The van der Waals surface area contributed by atoms with Gasteiger partial charge in [0.2, 0.25) is 0 Å². The molecule has 0 bridgehead atoms. The van der Waals surface area contributed by atoms with Crippen molar-refractivity contribution in [3.63, 3.8) is 0 Å². The number of likely N-dealkylation sites (N-methyl/N-ethyl adjacent to an activating group) is 1. The zero-order valence-electron chi connectivity index (χ0n) is 23.4. The normalized spacial score (nSPS) is 19.3. The highest BCUT2D eigenvalue weighted by Crippen LogP contribution is 2.33. The van der Waals surface area contributed by atoms with Crippen LogP contribution in [0.15, 0.2) is 66.4 Å². The largest absolute Gasteiger partial charge is 0.372 e. The minimum absolute atomic E-state index is 0.0897. The van der Waals surface area contributed by atoms with Crippen molar-refractivity contribution in [2.24, 2.45) is 0 Å². The third-order valence-electron chi connectivity index (χ3n) is 7.96. The first kappa shape index (κ1) is 29.0. The van der Waals surface area contributed by atoms with E-state index in [0.29, 0.717) is 22.9 Å². The number of carbonyl (C=O) groups excluding carboxylic acids is 1. The highest BCUT2D eigenvalue weighted by atomic mass is 19.3. The molecule has 1 aromatic heterocycles. The lowest BCUT2D eigenvalue weighted by Crippen LogP contribution is -2.42. The molecule has 0 spiro atoms. The molecule has 7 heteroatoms. The van der Waals surface area contributed by atoms with Crippen molar-refractivity contribution < 1.29 is 13.6 Å². The minimum Gasteiger partial charge on any atom is -0.372 e. The molecule has 0 amide bonds. The predicted molar refractivity (Wildman–Crippen MR) is 156 cm³/mol. The summed E-state index contributed by atoms with van der Waals surface area (Å²) in [6, 6.07) is 18.0. The maximum absolute atomic E-state index is 13.2. The monoisotopic (exact) mass is 536 g/mol. The fraction of sp³-hybridized carbons (Fsp3) is 0.469. The first-order valence-electron chi connectivity index (χ1n) is 14.2. The predicted octanol–water partition coefficient (Wildman–Crippen LogP) is 6.55. The summed E-state index contributed by atoms with van der Waals surface area (Å²) >= 11 is 0. The van der Waals surface area contributed by atoms with Gasteiger partial charge < -0.3 is 15.2 Å². The Morgan fingerprint density at radius 2 is 1.82 bits per heavy atom. The molecule has 39 heavy (non-hydrogen) atoms. The van der Waals surface area contributed by atoms with Crippen molar-refractivity contribution in [2.45, 2.75) is 57.4 Å². The Balaban J connectivity index is 0.000000202. The lowest BCUT2D eigenvalue weighted by atomic mass is 9.89. The van der Waals surface area contributed by atoms with Crippen molar-refractivity contribution in [1.82, 2.24) is 20.1 Å². The molecule has 0 aliphatic carbocycles. The number of aldehydes is 1. The summed E-state index contributed by atoms with van der Waals surface area (Å²) in [6.07, 6.45) is 8.07. The average molecular weight is 537 g/mol. The summed E-state index contributed by atoms with van der Waals surface area (Å²) in [5.41, 5.74) is 3.57. The SMILES string of the molecule is CC(F)(F)c1cccc2cc(C=O)[nH]c12.CCC=C(CNC)N1CCC(N2CCC(c3ccccc3)CC2)C1. The van der Waals surface area contributed by atoms with Crippen LogP contribution in [0.4, 0.5) is 8.78 Å². The highest BCUT2D eigenvalue weighted by Gasteiger charge is 2.31. The Kier molecular flexibility index (Phi) is 9.92. The van der Waals surface area contributed by atoms with E-state index in [2.05, 4.69) is 63.4 Å². The number of alkyl halides is 2. The average Bonchev–Trinajstić information content (AvgIpc) is 3.61. The second-order valence-corrected chi connectivity index (χ2v) is 10.7. The van der Waals surface area contributed by atoms with E-state index in [9.17, 15) is 13.6 Å². The van der Waals surface area contributed by atoms with Gasteiger partial charge in [-0.3, -0.25) is 9.69 Å². The van der Waals surface area contributed by atoms with Gasteiger partial charge in [0.05, 0.1) is 11.2 Å². The zero-order valence-corrected chi connectivity index (χ0v) is 23.4. The van der Waals surface area contributed by atoms with Crippen molar-refractivity contribution in [2.75, 3.05) is 39.8 Å². The zero-order chi connectivity index (χ0) is 27.8. The molecular weight excluding hydrogens is 494 g/mol. The molecule has 0 saturated carbocycles. The van der Waals surface area contributed by atoms with Gasteiger partial charge in [0.15, 0.2) is 6.29 Å². The molecule has 210 valence electrons. The van der Waals surface area contributed by atoms with Crippen LogP contribution in [0.2, 0.25) is 0 Å². The van der Waals surface area contributed by atoms with Crippen molar-refractivity contribution in [3.05, 3.63) is 83.2 Å². The molecule has 3 heterocycles. The lowest BCUT2D eigenvalue weighted by Gasteiger charge is -2.36. The molecule has 0 radical (unpaired) electrons. The molecule has 5 nitrogen and oxygen atoms in total. The first-order valence-corrected chi connectivity index (χ1v) is 14.2. The van der Waals surface area contributed by atoms with Gasteiger partial charge in [-0.2, -0.15) is 0 Å². The second-order valence-electron chi connectivity index (χ2n) is 10.7. The highest BCUT2D eigenvalue weighted by molar-refractivity contribution is 5.90. The number of likely N-dealkylation sites (tertiary alicyclic amines) is 2. The van der Waals surface area contributed by atoms with E-state index in [1.807, 2.05) is 7.05 Å². The number of carbonyl (C=O) groups is 1. The fourth-order valence-corrected chi connectivity index (χ4v) is 5.96. The molecule has 3 aromatic rings. The summed E-state index contributed by atoms with van der Waals surface area (Å²) in [7, 11) is 2.05. The van der Waals surface area contributed by atoms with E-state index >= 15 is 0 Å². The van der Waals surface area contributed by atoms with Gasteiger partial charge in [-0.1, -0.05) is 61.5 Å². The van der Waals surface area contributed by atoms with Gasteiger partial charge in [-0.15, -0.1) is 0 Å². The summed E-state index contributed by atoms with van der Waals surface area (Å²) < 4.78 is 26.4. The molecule has 2 saturated heterocycles. The summed E-state index contributed by atoms with van der Waals surface area (Å²) in [5.74, 6) is -2.15. The number of hydrogen-bond donors (Lipinski definition) is 2. The maximum Gasteiger partial charge on any atom is 0.272 e. The Bertz CT molecular complexity index is 1230. The molecule has 2 N–H and O–H groups in total. The molecule has 2 aromatic carbocycles. The maximum atomic E-state index is 13.2. The van der Waals surface area contributed by atoms with Crippen LogP contribution < -0.4 is 5.32 Å². The van der Waals surface area contributed by atoms with Crippen LogP contribution >= 0.6 is 0 Å². The first-order chi connectivity index (χ1) is 18.8. The number of allylic oxidation sites excluding steroid dienone is 1. The molecule has 5 rings (SSSR count).